The average Bonchev–Trinajstić information content (AvgIpc) is 2.46. The van der Waals surface area contributed by atoms with Crippen molar-refractivity contribution in [1.82, 2.24) is 20.2 Å². The number of aryl methyl sites for hydroxylation is 2. The highest BCUT2D eigenvalue weighted by Gasteiger charge is 2.17. The summed E-state index contributed by atoms with van der Waals surface area (Å²) in [7, 11) is -3.79. The zero-order chi connectivity index (χ0) is 15.5. The maximum absolute atomic E-state index is 12.2. The maximum atomic E-state index is 12.2. The smallest absolute Gasteiger partial charge is 0.262 e. The van der Waals surface area contributed by atoms with Crippen LogP contribution in [-0.2, 0) is 22.9 Å². The quantitative estimate of drug-likeness (QED) is 0.862. The molecule has 2 aromatic rings. The molecule has 0 radical (unpaired) electrons. The van der Waals surface area contributed by atoms with Gasteiger partial charge in [-0.3, -0.25) is 4.98 Å². The van der Waals surface area contributed by atoms with Crippen LogP contribution in [0.4, 0.5) is 5.95 Å². The summed E-state index contributed by atoms with van der Waals surface area (Å²) in [5, 5.41) is 7.81. The van der Waals surface area contributed by atoms with Gasteiger partial charge in [-0.15, -0.1) is 10.2 Å². The molecule has 0 aromatic carbocycles. The first kappa shape index (κ1) is 15.8. The summed E-state index contributed by atoms with van der Waals surface area (Å²) in [4.78, 5) is 8.06. The number of nitrogens with zero attached hydrogens (tertiary/aromatic N) is 4. The minimum absolute atomic E-state index is 0.0260. The molecule has 0 fully saturated rings. The van der Waals surface area contributed by atoms with E-state index in [-0.39, 0.29) is 10.8 Å². The third-order valence-electron chi connectivity index (χ3n) is 2.72. The highest BCUT2D eigenvalue weighted by atomic mass is 79.9. The third-order valence-corrected chi connectivity index (χ3v) is 4.45. The van der Waals surface area contributed by atoms with Crippen molar-refractivity contribution in [3.63, 3.8) is 0 Å². The first-order valence-corrected chi connectivity index (χ1v) is 8.59. The minimum Gasteiger partial charge on any atom is -0.262 e. The molecule has 0 aliphatic heterocycles. The molecular formula is C12H14BrN5O2S. The lowest BCUT2D eigenvalue weighted by atomic mass is 10.2. The fourth-order valence-corrected chi connectivity index (χ4v) is 3.14. The molecule has 0 bridgehead atoms. The number of sulfonamides is 1. The molecule has 112 valence electrons. The number of halogens is 1. The van der Waals surface area contributed by atoms with Crippen LogP contribution in [-0.4, -0.2) is 28.6 Å². The van der Waals surface area contributed by atoms with E-state index >= 15 is 0 Å². The molecule has 0 unspecified atom stereocenters. The van der Waals surface area contributed by atoms with Gasteiger partial charge in [0.1, 0.15) is 4.90 Å². The monoisotopic (exact) mass is 371 g/mol. The first-order chi connectivity index (χ1) is 9.96. The van der Waals surface area contributed by atoms with Crippen molar-refractivity contribution in [3.05, 3.63) is 34.3 Å². The lowest BCUT2D eigenvalue weighted by Crippen LogP contribution is -2.17. The van der Waals surface area contributed by atoms with Crippen LogP contribution in [0.5, 0.6) is 0 Å². The normalized spacial score (nSPS) is 11.4. The molecule has 2 aromatic heterocycles. The Morgan fingerprint density at radius 3 is 2.48 bits per heavy atom. The fourth-order valence-electron chi connectivity index (χ4n) is 1.70. The Bertz CT molecular complexity index is 751. The Labute approximate surface area is 131 Å². The molecule has 0 aliphatic rings. The van der Waals surface area contributed by atoms with Crippen molar-refractivity contribution in [2.45, 2.75) is 31.6 Å². The highest BCUT2D eigenvalue weighted by Crippen LogP contribution is 2.17. The minimum atomic E-state index is -3.79. The van der Waals surface area contributed by atoms with Crippen LogP contribution in [0.3, 0.4) is 0 Å². The van der Waals surface area contributed by atoms with Gasteiger partial charge in [0, 0.05) is 16.9 Å². The van der Waals surface area contributed by atoms with Gasteiger partial charge in [0.05, 0.1) is 11.4 Å². The summed E-state index contributed by atoms with van der Waals surface area (Å²) < 4.78 is 27.3. The summed E-state index contributed by atoms with van der Waals surface area (Å²) in [5.41, 5.74) is 1.50. The summed E-state index contributed by atoms with van der Waals surface area (Å²) in [5.74, 6) is -0.0379. The fraction of sp³-hybridized carbons (Fsp3) is 0.333. The molecule has 0 saturated heterocycles. The van der Waals surface area contributed by atoms with Gasteiger partial charge < -0.3 is 0 Å². The van der Waals surface area contributed by atoms with E-state index in [0.717, 1.165) is 11.4 Å². The predicted molar refractivity (Wildman–Crippen MR) is 81.3 cm³/mol. The van der Waals surface area contributed by atoms with Gasteiger partial charge in [0.25, 0.3) is 16.0 Å². The van der Waals surface area contributed by atoms with E-state index in [2.05, 4.69) is 40.8 Å². The number of rotatable bonds is 5. The van der Waals surface area contributed by atoms with Gasteiger partial charge in [-0.05, 0) is 34.8 Å². The number of hydrogen-bond acceptors (Lipinski definition) is 6. The molecule has 1 N–H and O–H groups in total. The van der Waals surface area contributed by atoms with Gasteiger partial charge in [-0.1, -0.05) is 13.8 Å². The van der Waals surface area contributed by atoms with E-state index in [1.807, 2.05) is 13.8 Å². The molecule has 2 rings (SSSR count). The molecule has 7 nitrogen and oxygen atoms in total. The second kappa shape index (κ2) is 6.44. The zero-order valence-corrected chi connectivity index (χ0v) is 13.9. The van der Waals surface area contributed by atoms with Crippen LogP contribution in [0, 0.1) is 0 Å². The Morgan fingerprint density at radius 2 is 1.86 bits per heavy atom. The van der Waals surface area contributed by atoms with Gasteiger partial charge in [0.2, 0.25) is 0 Å². The number of aromatic nitrogens is 4. The van der Waals surface area contributed by atoms with Crippen molar-refractivity contribution >= 4 is 31.9 Å². The van der Waals surface area contributed by atoms with Gasteiger partial charge >= 0.3 is 0 Å². The second-order valence-corrected chi connectivity index (χ2v) is 6.78. The van der Waals surface area contributed by atoms with Crippen molar-refractivity contribution in [2.75, 3.05) is 4.72 Å². The molecule has 2 heterocycles. The molecule has 0 spiro atoms. The first-order valence-electron chi connectivity index (χ1n) is 6.32. The second-order valence-electron chi connectivity index (χ2n) is 4.18. The van der Waals surface area contributed by atoms with Crippen molar-refractivity contribution in [2.24, 2.45) is 0 Å². The van der Waals surface area contributed by atoms with Crippen LogP contribution >= 0.6 is 15.9 Å². The van der Waals surface area contributed by atoms with E-state index in [1.54, 1.807) is 0 Å². The number of hydrogen-bond donors (Lipinski definition) is 1. The van der Waals surface area contributed by atoms with Crippen LogP contribution in [0.1, 0.15) is 25.2 Å². The highest BCUT2D eigenvalue weighted by molar-refractivity contribution is 9.10. The lowest BCUT2D eigenvalue weighted by molar-refractivity contribution is 0.600. The molecule has 0 aliphatic carbocycles. The largest absolute Gasteiger partial charge is 0.265 e. The predicted octanol–water partition coefficient (Wildman–Crippen LogP) is 1.95. The van der Waals surface area contributed by atoms with E-state index < -0.39 is 10.0 Å². The van der Waals surface area contributed by atoms with E-state index in [9.17, 15) is 8.42 Å². The Balaban J connectivity index is 2.33. The zero-order valence-electron chi connectivity index (χ0n) is 11.5. The van der Waals surface area contributed by atoms with Gasteiger partial charge in [0.15, 0.2) is 0 Å². The maximum Gasteiger partial charge on any atom is 0.265 e. The molecule has 0 atom stereocenters. The molecule has 0 amide bonds. The summed E-state index contributed by atoms with van der Waals surface area (Å²) in [6, 6.07) is 1.45. The molecule has 21 heavy (non-hydrogen) atoms. The van der Waals surface area contributed by atoms with Crippen LogP contribution < -0.4 is 4.72 Å². The lowest BCUT2D eigenvalue weighted by Gasteiger charge is -2.08. The Hall–Kier alpha value is -1.61. The summed E-state index contributed by atoms with van der Waals surface area (Å²) in [6.45, 7) is 3.88. The number of pyridine rings is 1. The molecule has 0 saturated carbocycles. The van der Waals surface area contributed by atoms with E-state index in [4.69, 9.17) is 0 Å². The SMILES string of the molecule is CCc1nnc(NS(=O)(=O)c2cncc(Br)c2)nc1CC. The average molecular weight is 372 g/mol. The van der Waals surface area contributed by atoms with Crippen molar-refractivity contribution in [3.8, 4) is 0 Å². The van der Waals surface area contributed by atoms with Crippen LogP contribution in [0.15, 0.2) is 27.8 Å². The van der Waals surface area contributed by atoms with Crippen molar-refractivity contribution in [1.29, 1.82) is 0 Å². The Morgan fingerprint density at radius 1 is 1.14 bits per heavy atom. The van der Waals surface area contributed by atoms with Crippen molar-refractivity contribution < 1.29 is 8.42 Å². The summed E-state index contributed by atoms with van der Waals surface area (Å²) in [6.07, 6.45) is 4.11. The van der Waals surface area contributed by atoms with E-state index in [1.165, 1.54) is 18.5 Å². The Kier molecular flexibility index (Phi) is 4.84. The number of nitrogens with one attached hydrogen (secondary N) is 1. The van der Waals surface area contributed by atoms with Gasteiger partial charge in [-0.25, -0.2) is 18.1 Å². The number of anilines is 1. The van der Waals surface area contributed by atoms with Gasteiger partial charge in [-0.2, -0.15) is 0 Å². The summed E-state index contributed by atoms with van der Waals surface area (Å²) >= 11 is 3.18. The molecular weight excluding hydrogens is 358 g/mol. The molecule has 9 heteroatoms. The third kappa shape index (κ3) is 3.73. The van der Waals surface area contributed by atoms with E-state index in [0.29, 0.717) is 17.3 Å². The van der Waals surface area contributed by atoms with Crippen LogP contribution in [0.2, 0.25) is 0 Å². The standard InChI is InChI=1S/C12H14BrN5O2S/c1-3-10-11(4-2)16-17-12(15-10)18-21(19,20)9-5-8(13)6-14-7-9/h5-7H,3-4H2,1-2H3,(H,15,17,18). The van der Waals surface area contributed by atoms with Crippen LogP contribution in [0.25, 0.3) is 0 Å². The topological polar surface area (TPSA) is 97.7 Å².